The molecule has 2 aromatic rings. The molecule has 22 heavy (non-hydrogen) atoms. The second-order valence-corrected chi connectivity index (χ2v) is 5.94. The highest BCUT2D eigenvalue weighted by molar-refractivity contribution is 6.35. The molecule has 2 heterocycles. The second kappa shape index (κ2) is 6.90. The molecule has 1 aromatic carbocycles. The Kier molecular flexibility index (Phi) is 5.37. The van der Waals surface area contributed by atoms with Crippen molar-refractivity contribution in [3.63, 3.8) is 0 Å². The number of hydrogen-bond donors (Lipinski definition) is 1. The third-order valence-corrected chi connectivity index (χ3v) is 4.60. The molecule has 0 atom stereocenters. The molecule has 0 spiro atoms. The predicted octanol–water partition coefficient (Wildman–Crippen LogP) is 3.64. The van der Waals surface area contributed by atoms with Crippen LogP contribution in [0.3, 0.4) is 0 Å². The molecule has 3 rings (SSSR count). The monoisotopic (exact) mass is 342 g/mol. The maximum absolute atomic E-state index is 12.7. The van der Waals surface area contributed by atoms with Gasteiger partial charge in [0.05, 0.1) is 5.02 Å². The van der Waals surface area contributed by atoms with E-state index in [0.29, 0.717) is 22.4 Å². The number of hydrogen-bond acceptors (Lipinski definition) is 3. The number of fused-ring (bicyclic) bond motifs is 1. The first-order valence-electron chi connectivity index (χ1n) is 7.26. The van der Waals surface area contributed by atoms with Gasteiger partial charge in [-0.15, -0.1) is 12.4 Å². The summed E-state index contributed by atoms with van der Waals surface area (Å²) in [7, 11) is 1.97. The highest BCUT2D eigenvalue weighted by atomic mass is 35.5. The summed E-state index contributed by atoms with van der Waals surface area (Å²) >= 11 is 6.14. The Morgan fingerprint density at radius 2 is 2.05 bits per heavy atom. The van der Waals surface area contributed by atoms with Gasteiger partial charge in [0.2, 0.25) is 0 Å². The molecule has 1 N–H and O–H groups in total. The summed E-state index contributed by atoms with van der Waals surface area (Å²) in [5, 5.41) is 4.72. The molecule has 0 radical (unpaired) electrons. The molecule has 4 nitrogen and oxygen atoms in total. The van der Waals surface area contributed by atoms with Crippen molar-refractivity contribution in [2.75, 3.05) is 20.1 Å². The molecular weight excluding hydrogens is 323 g/mol. The number of likely N-dealkylation sites (tertiary alicyclic amines) is 1. The lowest BCUT2D eigenvalue weighted by Gasteiger charge is -2.31. The van der Waals surface area contributed by atoms with Gasteiger partial charge >= 0.3 is 0 Å². The lowest BCUT2D eigenvalue weighted by atomic mass is 10.0. The smallest absolute Gasteiger partial charge is 0.289 e. The lowest BCUT2D eigenvalue weighted by molar-refractivity contribution is 0.0676. The summed E-state index contributed by atoms with van der Waals surface area (Å²) in [6.45, 7) is 3.43. The number of carbonyl (C=O) groups excluding carboxylic acids is 1. The van der Waals surface area contributed by atoms with E-state index in [1.807, 2.05) is 31.0 Å². The van der Waals surface area contributed by atoms with Gasteiger partial charge < -0.3 is 14.6 Å². The first-order valence-corrected chi connectivity index (χ1v) is 7.63. The van der Waals surface area contributed by atoms with Crippen LogP contribution in [0.5, 0.6) is 0 Å². The fourth-order valence-corrected chi connectivity index (χ4v) is 3.14. The minimum Gasteiger partial charge on any atom is -0.449 e. The Balaban J connectivity index is 0.00000176. The van der Waals surface area contributed by atoms with Crippen LogP contribution in [0, 0.1) is 6.92 Å². The molecule has 1 aromatic heterocycles. The molecule has 0 saturated carbocycles. The number of benzene rings is 1. The van der Waals surface area contributed by atoms with E-state index in [0.717, 1.165) is 36.9 Å². The molecule has 6 heteroatoms. The van der Waals surface area contributed by atoms with Gasteiger partial charge in [0, 0.05) is 30.1 Å². The van der Waals surface area contributed by atoms with Crippen molar-refractivity contribution in [2.24, 2.45) is 0 Å². The normalized spacial score (nSPS) is 15.9. The lowest BCUT2D eigenvalue weighted by Crippen LogP contribution is -2.44. The van der Waals surface area contributed by atoms with Crippen molar-refractivity contribution in [3.8, 4) is 0 Å². The molecule has 1 amide bonds. The molecule has 1 aliphatic heterocycles. The molecule has 120 valence electrons. The molecule has 1 fully saturated rings. The van der Waals surface area contributed by atoms with Crippen LogP contribution in [-0.2, 0) is 0 Å². The molecule has 1 aliphatic rings. The summed E-state index contributed by atoms with van der Waals surface area (Å²) < 4.78 is 5.76. The van der Waals surface area contributed by atoms with Gasteiger partial charge in [-0.25, -0.2) is 0 Å². The number of furan rings is 1. The highest BCUT2D eigenvalue weighted by Crippen LogP contribution is 2.31. The fourth-order valence-electron chi connectivity index (χ4n) is 2.93. The molecule has 0 unspecified atom stereocenters. The Morgan fingerprint density at radius 1 is 1.36 bits per heavy atom. The Hall–Kier alpha value is -1.23. The van der Waals surface area contributed by atoms with E-state index in [1.54, 1.807) is 6.07 Å². The van der Waals surface area contributed by atoms with Crippen LogP contribution in [0.1, 0.15) is 29.0 Å². The van der Waals surface area contributed by atoms with Crippen LogP contribution in [-0.4, -0.2) is 37.0 Å². The largest absolute Gasteiger partial charge is 0.449 e. The van der Waals surface area contributed by atoms with Gasteiger partial charge in [0.1, 0.15) is 0 Å². The fraction of sp³-hybridized carbons (Fsp3) is 0.438. The van der Waals surface area contributed by atoms with Crippen molar-refractivity contribution in [2.45, 2.75) is 25.8 Å². The number of halogens is 2. The first kappa shape index (κ1) is 17.1. The van der Waals surface area contributed by atoms with Crippen LogP contribution in [0.25, 0.3) is 11.0 Å². The Bertz CT molecular complexity index is 676. The van der Waals surface area contributed by atoms with E-state index in [2.05, 4.69) is 5.32 Å². The minimum atomic E-state index is -0.0330. The zero-order valence-corrected chi connectivity index (χ0v) is 14.3. The van der Waals surface area contributed by atoms with Crippen molar-refractivity contribution in [3.05, 3.63) is 34.5 Å². The van der Waals surface area contributed by atoms with Crippen LogP contribution in [0.4, 0.5) is 0 Å². The zero-order chi connectivity index (χ0) is 15.0. The molecule has 0 bridgehead atoms. The third kappa shape index (κ3) is 2.96. The van der Waals surface area contributed by atoms with E-state index in [-0.39, 0.29) is 18.3 Å². The van der Waals surface area contributed by atoms with Crippen molar-refractivity contribution >= 4 is 40.9 Å². The SMILES string of the molecule is CNC1CCN(C(=O)c2oc3c(Cl)cccc3c2C)CC1.Cl. The van der Waals surface area contributed by atoms with E-state index in [1.165, 1.54) is 0 Å². The second-order valence-electron chi connectivity index (χ2n) is 5.53. The minimum absolute atomic E-state index is 0. The van der Waals surface area contributed by atoms with E-state index >= 15 is 0 Å². The highest BCUT2D eigenvalue weighted by Gasteiger charge is 2.27. The van der Waals surface area contributed by atoms with Crippen molar-refractivity contribution in [1.29, 1.82) is 0 Å². The number of amides is 1. The van der Waals surface area contributed by atoms with Crippen LogP contribution in [0.15, 0.2) is 22.6 Å². The first-order chi connectivity index (χ1) is 10.1. The number of carbonyl (C=O) groups is 1. The van der Waals surface area contributed by atoms with Crippen LogP contribution in [0.2, 0.25) is 5.02 Å². The summed E-state index contributed by atoms with van der Waals surface area (Å²) in [5.74, 6) is 0.385. The Morgan fingerprint density at radius 3 is 2.64 bits per heavy atom. The van der Waals surface area contributed by atoms with E-state index in [9.17, 15) is 4.79 Å². The summed E-state index contributed by atoms with van der Waals surface area (Å²) in [6.07, 6.45) is 1.95. The maximum atomic E-state index is 12.7. The van der Waals surface area contributed by atoms with Crippen LogP contribution >= 0.6 is 24.0 Å². The van der Waals surface area contributed by atoms with E-state index in [4.69, 9.17) is 16.0 Å². The predicted molar refractivity (Wildman–Crippen MR) is 91.2 cm³/mol. The summed E-state index contributed by atoms with van der Waals surface area (Å²) in [6, 6.07) is 6.09. The molecule has 0 aliphatic carbocycles. The summed E-state index contributed by atoms with van der Waals surface area (Å²) in [5.41, 5.74) is 1.47. The third-order valence-electron chi connectivity index (χ3n) is 4.30. The standard InChI is InChI=1S/C16H19ClN2O2.ClH/c1-10-12-4-3-5-13(17)15(12)21-14(10)16(20)19-8-6-11(18-2)7-9-19;/h3-5,11,18H,6-9H2,1-2H3;1H. The van der Waals surface area contributed by atoms with Gasteiger partial charge in [-0.3, -0.25) is 4.79 Å². The van der Waals surface area contributed by atoms with Gasteiger partial charge in [0.25, 0.3) is 5.91 Å². The van der Waals surface area contributed by atoms with E-state index < -0.39 is 0 Å². The number of nitrogens with zero attached hydrogens (tertiary/aromatic N) is 1. The number of para-hydroxylation sites is 1. The van der Waals surface area contributed by atoms with Gasteiger partial charge in [-0.1, -0.05) is 23.7 Å². The average Bonchev–Trinajstić information content (AvgIpc) is 2.85. The summed E-state index contributed by atoms with van der Waals surface area (Å²) in [4.78, 5) is 14.5. The zero-order valence-electron chi connectivity index (χ0n) is 12.7. The number of nitrogens with one attached hydrogen (secondary N) is 1. The topological polar surface area (TPSA) is 45.5 Å². The van der Waals surface area contributed by atoms with Gasteiger partial charge in [-0.2, -0.15) is 0 Å². The quantitative estimate of drug-likeness (QED) is 0.906. The average molecular weight is 343 g/mol. The van der Waals surface area contributed by atoms with Gasteiger partial charge in [0.15, 0.2) is 11.3 Å². The van der Waals surface area contributed by atoms with Crippen molar-refractivity contribution in [1.82, 2.24) is 10.2 Å². The maximum Gasteiger partial charge on any atom is 0.289 e. The number of piperidine rings is 1. The van der Waals surface area contributed by atoms with Crippen LogP contribution < -0.4 is 5.32 Å². The Labute approximate surface area is 141 Å². The van der Waals surface area contributed by atoms with Crippen molar-refractivity contribution < 1.29 is 9.21 Å². The molecular formula is C16H20Cl2N2O2. The number of rotatable bonds is 2. The van der Waals surface area contributed by atoms with Gasteiger partial charge in [-0.05, 0) is 32.9 Å². The number of aryl methyl sites for hydroxylation is 1. The molecule has 1 saturated heterocycles.